The van der Waals surface area contributed by atoms with E-state index in [2.05, 4.69) is 15.5 Å². The van der Waals surface area contributed by atoms with E-state index in [0.29, 0.717) is 11.3 Å². The molecule has 9 nitrogen and oxygen atoms in total. The number of nitrogens with zero attached hydrogens (tertiary/aromatic N) is 6. The van der Waals surface area contributed by atoms with Gasteiger partial charge in [-0.3, -0.25) is 9.48 Å². The first-order chi connectivity index (χ1) is 14.5. The predicted molar refractivity (Wildman–Crippen MR) is 113 cm³/mol. The Kier molecular flexibility index (Phi) is 4.19. The van der Waals surface area contributed by atoms with Crippen LogP contribution >= 0.6 is 0 Å². The number of rotatable bonds is 5. The number of benzene rings is 1. The maximum atomic E-state index is 13.1. The molecule has 1 amide bonds. The summed E-state index contributed by atoms with van der Waals surface area (Å²) in [6, 6.07) is 7.64. The van der Waals surface area contributed by atoms with Crippen molar-refractivity contribution in [3.05, 3.63) is 52.0 Å². The maximum Gasteiger partial charge on any atom is 0.352 e. The molecule has 1 N–H and O–H groups in total. The van der Waals surface area contributed by atoms with Crippen molar-refractivity contribution in [1.29, 1.82) is 0 Å². The van der Waals surface area contributed by atoms with Crippen molar-refractivity contribution < 1.29 is 4.79 Å². The molecule has 0 bridgehead atoms. The molecule has 1 aliphatic carbocycles. The van der Waals surface area contributed by atoms with Crippen LogP contribution in [0.1, 0.15) is 42.9 Å². The average molecular weight is 405 g/mol. The van der Waals surface area contributed by atoms with Crippen molar-refractivity contribution in [2.75, 3.05) is 5.32 Å². The first-order valence-electron chi connectivity index (χ1n) is 10.2. The molecule has 1 fully saturated rings. The zero-order valence-electron chi connectivity index (χ0n) is 17.2. The van der Waals surface area contributed by atoms with Crippen molar-refractivity contribution in [2.45, 2.75) is 52.6 Å². The molecule has 1 saturated carbocycles. The van der Waals surface area contributed by atoms with Gasteiger partial charge in [-0.25, -0.2) is 18.9 Å². The number of fused-ring (bicyclic) bond motifs is 3. The topological polar surface area (TPSA) is 99.1 Å². The molecule has 5 rings (SSSR count). The fourth-order valence-corrected chi connectivity index (χ4v) is 3.94. The number of hydrogen-bond donors (Lipinski definition) is 1. The summed E-state index contributed by atoms with van der Waals surface area (Å²) in [7, 11) is 0. The Labute approximate surface area is 172 Å². The number of aryl methyl sites for hydroxylation is 2. The fourth-order valence-electron chi connectivity index (χ4n) is 3.94. The minimum atomic E-state index is -0.335. The second kappa shape index (κ2) is 6.79. The quantitative estimate of drug-likeness (QED) is 0.550. The number of carbonyl (C=O) groups excluding carboxylic acids is 1. The third-order valence-electron chi connectivity index (χ3n) is 5.63. The summed E-state index contributed by atoms with van der Waals surface area (Å²) < 4.78 is 4.63. The van der Waals surface area contributed by atoms with Gasteiger partial charge in [-0.05, 0) is 45.7 Å². The minimum Gasteiger partial charge on any atom is -0.321 e. The van der Waals surface area contributed by atoms with E-state index < -0.39 is 0 Å². The Morgan fingerprint density at radius 2 is 1.93 bits per heavy atom. The third kappa shape index (κ3) is 2.89. The van der Waals surface area contributed by atoms with Crippen LogP contribution in [0.4, 0.5) is 5.69 Å². The van der Waals surface area contributed by atoms with E-state index in [-0.39, 0.29) is 24.1 Å². The maximum absolute atomic E-state index is 13.1. The second-order valence-electron chi connectivity index (χ2n) is 7.77. The lowest BCUT2D eigenvalue weighted by atomic mass is 10.2. The molecular formula is C21H23N7O2. The molecule has 4 aromatic rings. The molecule has 0 aliphatic heterocycles. The normalized spacial score (nSPS) is 14.0. The Balaban J connectivity index is 1.54. The number of hydrogen-bond acceptors (Lipinski definition) is 5. The molecule has 154 valence electrons. The third-order valence-corrected chi connectivity index (χ3v) is 5.63. The summed E-state index contributed by atoms with van der Waals surface area (Å²) >= 11 is 0. The van der Waals surface area contributed by atoms with Gasteiger partial charge in [0.1, 0.15) is 12.4 Å². The molecular weight excluding hydrogens is 382 g/mol. The van der Waals surface area contributed by atoms with Crippen molar-refractivity contribution in [3.63, 3.8) is 0 Å². The Bertz CT molecular complexity index is 1360. The summed E-state index contributed by atoms with van der Waals surface area (Å²) in [5.74, 6) is 0.690. The molecule has 0 unspecified atom stereocenters. The molecule has 3 aromatic heterocycles. The van der Waals surface area contributed by atoms with E-state index in [9.17, 15) is 9.59 Å². The summed E-state index contributed by atoms with van der Waals surface area (Å²) in [6.45, 7) is 6.31. The zero-order chi connectivity index (χ0) is 21.0. The van der Waals surface area contributed by atoms with Gasteiger partial charge in [0.05, 0.1) is 22.6 Å². The molecule has 0 spiro atoms. The summed E-state index contributed by atoms with van der Waals surface area (Å²) in [4.78, 5) is 30.6. The van der Waals surface area contributed by atoms with Crippen LogP contribution in [0.15, 0.2) is 29.1 Å². The van der Waals surface area contributed by atoms with Gasteiger partial charge in [0.15, 0.2) is 5.65 Å². The largest absolute Gasteiger partial charge is 0.352 e. The van der Waals surface area contributed by atoms with Crippen molar-refractivity contribution >= 4 is 28.1 Å². The van der Waals surface area contributed by atoms with Gasteiger partial charge in [0, 0.05) is 17.8 Å². The van der Waals surface area contributed by atoms with Crippen LogP contribution in [0.2, 0.25) is 0 Å². The van der Waals surface area contributed by atoms with Crippen LogP contribution < -0.4 is 11.0 Å². The Hall–Kier alpha value is -3.49. The van der Waals surface area contributed by atoms with E-state index in [1.54, 1.807) is 4.40 Å². The van der Waals surface area contributed by atoms with E-state index in [1.165, 1.54) is 4.68 Å². The molecule has 30 heavy (non-hydrogen) atoms. The standard InChI is InChI=1S/C21H23N7O2/c1-4-26-13(3)18(12(2)24-26)23-17(29)11-27-21(30)28-19(14-9-10-14)22-16-8-6-5-7-15(16)20(28)25-27/h5-8,14H,4,9-11H2,1-3H3,(H,23,29). The Morgan fingerprint density at radius 1 is 1.17 bits per heavy atom. The summed E-state index contributed by atoms with van der Waals surface area (Å²) in [5.41, 5.74) is 3.34. The lowest BCUT2D eigenvalue weighted by Gasteiger charge is -2.05. The van der Waals surface area contributed by atoms with Gasteiger partial charge in [0.25, 0.3) is 0 Å². The molecule has 0 saturated heterocycles. The number of para-hydroxylation sites is 1. The molecule has 0 radical (unpaired) electrons. The first-order valence-corrected chi connectivity index (χ1v) is 10.2. The predicted octanol–water partition coefficient (Wildman–Crippen LogP) is 2.39. The number of nitrogens with one attached hydrogen (secondary N) is 1. The highest BCUT2D eigenvalue weighted by molar-refractivity contribution is 5.93. The highest BCUT2D eigenvalue weighted by atomic mass is 16.2. The van der Waals surface area contributed by atoms with E-state index in [4.69, 9.17) is 4.98 Å². The lowest BCUT2D eigenvalue weighted by Crippen LogP contribution is -2.29. The van der Waals surface area contributed by atoms with Gasteiger partial charge < -0.3 is 5.32 Å². The zero-order valence-corrected chi connectivity index (χ0v) is 17.2. The second-order valence-corrected chi connectivity index (χ2v) is 7.77. The number of carbonyl (C=O) groups is 1. The molecule has 1 aromatic carbocycles. The smallest absolute Gasteiger partial charge is 0.321 e. The van der Waals surface area contributed by atoms with E-state index >= 15 is 0 Å². The molecule has 0 atom stereocenters. The molecule has 9 heteroatoms. The number of amides is 1. The summed E-state index contributed by atoms with van der Waals surface area (Å²) in [5, 5.41) is 12.6. The minimum absolute atomic E-state index is 0.171. The molecule has 3 heterocycles. The van der Waals surface area contributed by atoms with Crippen LogP contribution in [0.25, 0.3) is 16.6 Å². The van der Waals surface area contributed by atoms with Gasteiger partial charge >= 0.3 is 5.69 Å². The first kappa shape index (κ1) is 18.5. The highest BCUT2D eigenvalue weighted by Gasteiger charge is 2.30. The molecule has 1 aliphatic rings. The van der Waals surface area contributed by atoms with Gasteiger partial charge in [0.2, 0.25) is 5.91 Å². The van der Waals surface area contributed by atoms with Crippen LogP contribution in [0.5, 0.6) is 0 Å². The highest BCUT2D eigenvalue weighted by Crippen LogP contribution is 2.39. The van der Waals surface area contributed by atoms with Crippen LogP contribution in [0, 0.1) is 13.8 Å². The van der Waals surface area contributed by atoms with Crippen LogP contribution in [0.3, 0.4) is 0 Å². The Morgan fingerprint density at radius 3 is 2.63 bits per heavy atom. The van der Waals surface area contributed by atoms with Gasteiger partial charge in [-0.15, -0.1) is 5.10 Å². The van der Waals surface area contributed by atoms with E-state index in [0.717, 1.165) is 47.5 Å². The van der Waals surface area contributed by atoms with Crippen LogP contribution in [-0.4, -0.2) is 34.9 Å². The SMILES string of the molecule is CCn1nc(C)c(NC(=O)Cn2nc3c4ccccc4nc(C4CC4)n3c2=O)c1C. The van der Waals surface area contributed by atoms with Crippen molar-refractivity contribution in [3.8, 4) is 0 Å². The number of aromatic nitrogens is 6. The monoisotopic (exact) mass is 405 g/mol. The van der Waals surface area contributed by atoms with Crippen molar-refractivity contribution in [2.24, 2.45) is 0 Å². The van der Waals surface area contributed by atoms with Crippen LogP contribution in [-0.2, 0) is 17.9 Å². The average Bonchev–Trinajstić information content (AvgIpc) is 3.49. The van der Waals surface area contributed by atoms with Gasteiger partial charge in [-0.1, -0.05) is 12.1 Å². The van der Waals surface area contributed by atoms with E-state index in [1.807, 2.05) is 49.7 Å². The van der Waals surface area contributed by atoms with Gasteiger partial charge in [-0.2, -0.15) is 5.10 Å². The fraction of sp³-hybridized carbons (Fsp3) is 0.381. The lowest BCUT2D eigenvalue weighted by molar-refractivity contribution is -0.117. The number of anilines is 1. The summed E-state index contributed by atoms with van der Waals surface area (Å²) in [6.07, 6.45) is 2.02. The van der Waals surface area contributed by atoms with Crippen molar-refractivity contribution in [1.82, 2.24) is 28.9 Å².